The predicted molar refractivity (Wildman–Crippen MR) is 123 cm³/mol. The number of nitrogens with zero attached hydrogens (tertiary/aromatic N) is 5. The number of aromatic nitrogens is 3. The SMILES string of the molecule is CCNC(=NCc1ncnn1C)NCC(c1cccs1)N1CCOC(C)C1.I. The summed E-state index contributed by atoms with van der Waals surface area (Å²) in [6.45, 7) is 8.96. The molecule has 0 amide bonds. The zero-order valence-corrected chi connectivity index (χ0v) is 19.8. The normalized spacial score (nSPS) is 19.1. The average Bonchev–Trinajstić information content (AvgIpc) is 3.32. The molecule has 8 nitrogen and oxygen atoms in total. The van der Waals surface area contributed by atoms with E-state index in [2.05, 4.69) is 62.0 Å². The molecule has 0 radical (unpaired) electrons. The van der Waals surface area contributed by atoms with Crippen LogP contribution in [0.25, 0.3) is 0 Å². The molecule has 0 bridgehead atoms. The number of hydrogen-bond donors (Lipinski definition) is 2. The van der Waals surface area contributed by atoms with Gasteiger partial charge in [0.05, 0.1) is 18.8 Å². The molecule has 2 aromatic heterocycles. The van der Waals surface area contributed by atoms with Gasteiger partial charge < -0.3 is 15.4 Å². The summed E-state index contributed by atoms with van der Waals surface area (Å²) >= 11 is 1.80. The van der Waals surface area contributed by atoms with Crippen molar-refractivity contribution in [3.05, 3.63) is 34.5 Å². The fraction of sp³-hybridized carbons (Fsp3) is 0.611. The van der Waals surface area contributed by atoms with E-state index in [9.17, 15) is 0 Å². The maximum absolute atomic E-state index is 5.72. The second-order valence-electron chi connectivity index (χ2n) is 6.58. The molecule has 2 atom stereocenters. The minimum Gasteiger partial charge on any atom is -0.376 e. The lowest BCUT2D eigenvalue weighted by Crippen LogP contribution is -2.48. The van der Waals surface area contributed by atoms with Crippen LogP contribution in [0, 0.1) is 0 Å². The lowest BCUT2D eigenvalue weighted by Gasteiger charge is -2.37. The molecule has 0 aromatic carbocycles. The number of morpholine rings is 1. The van der Waals surface area contributed by atoms with Gasteiger partial charge in [-0.1, -0.05) is 6.07 Å². The molecule has 1 fully saturated rings. The van der Waals surface area contributed by atoms with Crippen LogP contribution >= 0.6 is 35.3 Å². The Hall–Kier alpha value is -1.24. The van der Waals surface area contributed by atoms with Crippen LogP contribution in [-0.4, -0.2) is 64.5 Å². The van der Waals surface area contributed by atoms with Crippen LogP contribution in [0.2, 0.25) is 0 Å². The number of nitrogens with one attached hydrogen (secondary N) is 2. The first-order chi connectivity index (χ1) is 13.2. The molecular weight excluding hydrogens is 489 g/mol. The molecule has 156 valence electrons. The van der Waals surface area contributed by atoms with Gasteiger partial charge in [0.25, 0.3) is 0 Å². The van der Waals surface area contributed by atoms with Crippen molar-refractivity contribution in [2.45, 2.75) is 32.5 Å². The Kier molecular flexibility index (Phi) is 9.62. The van der Waals surface area contributed by atoms with Crippen molar-refractivity contribution >= 4 is 41.3 Å². The maximum atomic E-state index is 5.72. The summed E-state index contributed by atoms with van der Waals surface area (Å²) in [6.07, 6.45) is 1.82. The Morgan fingerprint density at radius 1 is 1.46 bits per heavy atom. The van der Waals surface area contributed by atoms with E-state index in [0.717, 1.165) is 44.6 Å². The van der Waals surface area contributed by atoms with Crippen LogP contribution in [0.3, 0.4) is 0 Å². The van der Waals surface area contributed by atoms with Gasteiger partial charge >= 0.3 is 0 Å². The summed E-state index contributed by atoms with van der Waals surface area (Å²) in [7, 11) is 1.88. The van der Waals surface area contributed by atoms with Gasteiger partial charge in [-0.25, -0.2) is 9.98 Å². The third-order valence-corrected chi connectivity index (χ3v) is 5.55. The Bertz CT molecular complexity index is 721. The van der Waals surface area contributed by atoms with Gasteiger partial charge in [0.1, 0.15) is 18.7 Å². The molecule has 0 aliphatic carbocycles. The minimum absolute atomic E-state index is 0. The van der Waals surface area contributed by atoms with Gasteiger partial charge in [-0.2, -0.15) is 5.10 Å². The third kappa shape index (κ3) is 6.39. The van der Waals surface area contributed by atoms with Gasteiger partial charge in [0.15, 0.2) is 5.96 Å². The molecule has 1 aliphatic rings. The molecule has 2 aromatic rings. The summed E-state index contributed by atoms with van der Waals surface area (Å²) < 4.78 is 7.47. The minimum atomic E-state index is 0. The fourth-order valence-corrected chi connectivity index (χ4v) is 4.03. The molecule has 3 heterocycles. The van der Waals surface area contributed by atoms with Crippen LogP contribution in [-0.2, 0) is 18.3 Å². The van der Waals surface area contributed by atoms with E-state index in [0.29, 0.717) is 12.6 Å². The number of thiophene rings is 1. The number of guanidine groups is 1. The third-order valence-electron chi connectivity index (χ3n) is 4.58. The molecular formula is C18H30IN7OS. The first kappa shape index (κ1) is 23.0. The van der Waals surface area contributed by atoms with Crippen molar-refractivity contribution in [3.63, 3.8) is 0 Å². The molecule has 2 unspecified atom stereocenters. The average molecular weight is 519 g/mol. The molecule has 10 heteroatoms. The molecule has 1 aliphatic heterocycles. The van der Waals surface area contributed by atoms with Crippen molar-refractivity contribution in [1.82, 2.24) is 30.3 Å². The molecule has 0 spiro atoms. The van der Waals surface area contributed by atoms with E-state index in [1.54, 1.807) is 22.3 Å². The van der Waals surface area contributed by atoms with Gasteiger partial charge in [0.2, 0.25) is 0 Å². The first-order valence-corrected chi connectivity index (χ1v) is 10.3. The van der Waals surface area contributed by atoms with E-state index in [1.807, 2.05) is 7.05 Å². The zero-order chi connectivity index (χ0) is 19.1. The van der Waals surface area contributed by atoms with Crippen LogP contribution < -0.4 is 10.6 Å². The van der Waals surface area contributed by atoms with Gasteiger partial charge in [-0.15, -0.1) is 35.3 Å². The second kappa shape index (κ2) is 11.7. The Balaban J connectivity index is 0.00000280. The lowest BCUT2D eigenvalue weighted by atomic mass is 10.1. The first-order valence-electron chi connectivity index (χ1n) is 9.41. The van der Waals surface area contributed by atoms with Crippen LogP contribution in [0.15, 0.2) is 28.8 Å². The number of rotatable bonds is 7. The van der Waals surface area contributed by atoms with Crippen molar-refractivity contribution in [2.24, 2.45) is 12.0 Å². The monoisotopic (exact) mass is 519 g/mol. The molecule has 0 saturated carbocycles. The Morgan fingerprint density at radius 2 is 2.32 bits per heavy atom. The van der Waals surface area contributed by atoms with E-state index in [-0.39, 0.29) is 30.1 Å². The highest BCUT2D eigenvalue weighted by Gasteiger charge is 2.26. The smallest absolute Gasteiger partial charge is 0.191 e. The Morgan fingerprint density at radius 3 is 2.96 bits per heavy atom. The van der Waals surface area contributed by atoms with Gasteiger partial charge in [0, 0.05) is 38.1 Å². The topological polar surface area (TPSA) is 79.6 Å². The lowest BCUT2D eigenvalue weighted by molar-refractivity contribution is -0.0334. The Labute approximate surface area is 187 Å². The van der Waals surface area contributed by atoms with Crippen molar-refractivity contribution in [3.8, 4) is 0 Å². The van der Waals surface area contributed by atoms with E-state index >= 15 is 0 Å². The summed E-state index contributed by atoms with van der Waals surface area (Å²) in [5.74, 6) is 1.63. The molecule has 28 heavy (non-hydrogen) atoms. The predicted octanol–water partition coefficient (Wildman–Crippen LogP) is 2.01. The van der Waals surface area contributed by atoms with Gasteiger partial charge in [-0.05, 0) is 25.3 Å². The highest BCUT2D eigenvalue weighted by molar-refractivity contribution is 14.0. The van der Waals surface area contributed by atoms with Crippen molar-refractivity contribution < 1.29 is 4.74 Å². The summed E-state index contributed by atoms with van der Waals surface area (Å²) in [4.78, 5) is 12.8. The summed E-state index contributed by atoms with van der Waals surface area (Å²) in [6, 6.07) is 4.63. The molecule has 3 rings (SSSR count). The van der Waals surface area contributed by atoms with Crippen LogP contribution in [0.4, 0.5) is 0 Å². The number of aryl methyl sites for hydroxylation is 1. The quantitative estimate of drug-likeness (QED) is 0.331. The highest BCUT2D eigenvalue weighted by atomic mass is 127. The van der Waals surface area contributed by atoms with E-state index in [4.69, 9.17) is 4.74 Å². The van der Waals surface area contributed by atoms with E-state index in [1.165, 1.54) is 4.88 Å². The van der Waals surface area contributed by atoms with E-state index < -0.39 is 0 Å². The second-order valence-corrected chi connectivity index (χ2v) is 7.56. The zero-order valence-electron chi connectivity index (χ0n) is 16.7. The van der Waals surface area contributed by atoms with Crippen molar-refractivity contribution in [2.75, 3.05) is 32.8 Å². The molecule has 1 saturated heterocycles. The number of hydrogen-bond acceptors (Lipinski definition) is 6. The van der Waals surface area contributed by atoms with Crippen LogP contribution in [0.5, 0.6) is 0 Å². The standard InChI is InChI=1S/C18H29N7OS.HI/c1-4-19-18(21-11-17-22-13-23-24(17)3)20-10-15(16-6-5-9-27-16)25-7-8-26-14(2)12-25;/h5-6,9,13-15H,4,7-8,10-12H2,1-3H3,(H2,19,20,21);1H. The van der Waals surface area contributed by atoms with Crippen LogP contribution in [0.1, 0.15) is 30.6 Å². The van der Waals surface area contributed by atoms with Crippen molar-refractivity contribution in [1.29, 1.82) is 0 Å². The largest absolute Gasteiger partial charge is 0.376 e. The molecule has 2 N–H and O–H groups in total. The fourth-order valence-electron chi connectivity index (χ4n) is 3.17. The maximum Gasteiger partial charge on any atom is 0.191 e. The highest BCUT2D eigenvalue weighted by Crippen LogP contribution is 2.26. The number of aliphatic imine (C=N–C) groups is 1. The summed E-state index contributed by atoms with van der Waals surface area (Å²) in [5, 5.41) is 13.1. The summed E-state index contributed by atoms with van der Waals surface area (Å²) in [5.41, 5.74) is 0. The number of ether oxygens (including phenoxy) is 1. The number of halogens is 1. The van der Waals surface area contributed by atoms with Gasteiger partial charge in [-0.3, -0.25) is 9.58 Å².